The highest BCUT2D eigenvalue weighted by atomic mass is 16.5. The van der Waals surface area contributed by atoms with Gasteiger partial charge in [0, 0.05) is 7.11 Å². The molecule has 0 aromatic carbocycles. The number of ether oxygens (including phenoxy) is 1. The SMILES string of the molecule is CO[C@@H](C)[C@H](O)CCC(C)C[C@@H](C)CCC(O)CCC(C)C. The van der Waals surface area contributed by atoms with Crippen LogP contribution in [0.15, 0.2) is 0 Å². The zero-order valence-corrected chi connectivity index (χ0v) is 15.7. The van der Waals surface area contributed by atoms with Crippen molar-refractivity contribution in [2.75, 3.05) is 7.11 Å². The summed E-state index contributed by atoms with van der Waals surface area (Å²) in [6, 6.07) is 0. The Morgan fingerprint density at radius 2 is 1.23 bits per heavy atom. The van der Waals surface area contributed by atoms with Gasteiger partial charge in [-0.25, -0.2) is 0 Å². The monoisotopic (exact) mass is 316 g/mol. The minimum atomic E-state index is -0.361. The van der Waals surface area contributed by atoms with Gasteiger partial charge in [-0.2, -0.15) is 0 Å². The van der Waals surface area contributed by atoms with Crippen molar-refractivity contribution >= 4 is 0 Å². The van der Waals surface area contributed by atoms with Gasteiger partial charge in [0.25, 0.3) is 0 Å². The van der Waals surface area contributed by atoms with Crippen molar-refractivity contribution in [1.29, 1.82) is 0 Å². The minimum Gasteiger partial charge on any atom is -0.393 e. The third kappa shape index (κ3) is 11.4. The molecule has 0 aromatic rings. The Morgan fingerprint density at radius 3 is 1.73 bits per heavy atom. The Kier molecular flexibility index (Phi) is 12.3. The van der Waals surface area contributed by atoms with E-state index in [0.717, 1.165) is 38.5 Å². The van der Waals surface area contributed by atoms with Crippen LogP contribution in [0.1, 0.15) is 79.6 Å². The molecule has 0 spiro atoms. The average molecular weight is 317 g/mol. The smallest absolute Gasteiger partial charge is 0.0802 e. The summed E-state index contributed by atoms with van der Waals surface area (Å²) in [6.07, 6.45) is 6.50. The summed E-state index contributed by atoms with van der Waals surface area (Å²) in [7, 11) is 1.64. The minimum absolute atomic E-state index is 0.0827. The largest absolute Gasteiger partial charge is 0.393 e. The molecule has 0 saturated carbocycles. The second-order valence-electron chi connectivity index (χ2n) is 7.73. The number of aliphatic hydroxyl groups excluding tert-OH is 2. The molecule has 0 fully saturated rings. The van der Waals surface area contributed by atoms with Crippen molar-refractivity contribution in [3.8, 4) is 0 Å². The van der Waals surface area contributed by atoms with Gasteiger partial charge in [0.1, 0.15) is 0 Å². The van der Waals surface area contributed by atoms with E-state index < -0.39 is 0 Å². The third-order valence-corrected chi connectivity index (χ3v) is 4.74. The normalized spacial score (nSPS) is 19.0. The van der Waals surface area contributed by atoms with E-state index in [2.05, 4.69) is 27.7 Å². The highest BCUT2D eigenvalue weighted by molar-refractivity contribution is 4.68. The standard InChI is InChI=1S/C19H40O3/c1-14(2)7-10-18(20)11-8-15(3)13-16(4)9-12-19(21)17(5)22-6/h14-21H,7-13H2,1-6H3/t15-,16?,17-,18?,19+/m0/s1. The molecule has 0 aromatic heterocycles. The predicted molar refractivity (Wildman–Crippen MR) is 94.0 cm³/mol. The van der Waals surface area contributed by atoms with Gasteiger partial charge in [-0.1, -0.05) is 27.7 Å². The number of hydrogen-bond acceptors (Lipinski definition) is 3. The van der Waals surface area contributed by atoms with E-state index in [9.17, 15) is 10.2 Å². The molecule has 0 radical (unpaired) electrons. The van der Waals surface area contributed by atoms with E-state index in [1.54, 1.807) is 7.11 Å². The molecular weight excluding hydrogens is 276 g/mol. The van der Waals surface area contributed by atoms with Gasteiger partial charge in [0.05, 0.1) is 18.3 Å². The molecule has 2 unspecified atom stereocenters. The number of methoxy groups -OCH3 is 1. The molecule has 3 heteroatoms. The van der Waals surface area contributed by atoms with E-state index in [-0.39, 0.29) is 18.3 Å². The lowest BCUT2D eigenvalue weighted by Gasteiger charge is -2.22. The fourth-order valence-electron chi connectivity index (χ4n) is 2.92. The summed E-state index contributed by atoms with van der Waals surface area (Å²) in [5.41, 5.74) is 0. The Labute approximate surface area is 138 Å². The number of aliphatic hydroxyl groups is 2. The summed E-state index contributed by atoms with van der Waals surface area (Å²) in [5, 5.41) is 19.9. The molecule has 3 nitrogen and oxygen atoms in total. The first kappa shape index (κ1) is 21.9. The van der Waals surface area contributed by atoms with Crippen LogP contribution in [0.5, 0.6) is 0 Å². The van der Waals surface area contributed by atoms with Crippen molar-refractivity contribution in [1.82, 2.24) is 0 Å². The van der Waals surface area contributed by atoms with Gasteiger partial charge in [-0.05, 0) is 69.6 Å². The molecule has 0 heterocycles. The van der Waals surface area contributed by atoms with Gasteiger partial charge in [-0.15, -0.1) is 0 Å². The summed E-state index contributed by atoms with van der Waals surface area (Å²) in [4.78, 5) is 0. The van der Waals surface area contributed by atoms with Crippen molar-refractivity contribution in [3.63, 3.8) is 0 Å². The fraction of sp³-hybridized carbons (Fsp3) is 1.00. The van der Waals surface area contributed by atoms with E-state index in [4.69, 9.17) is 4.74 Å². The van der Waals surface area contributed by atoms with Crippen LogP contribution in [0.2, 0.25) is 0 Å². The lowest BCUT2D eigenvalue weighted by atomic mass is 9.88. The first-order chi connectivity index (χ1) is 10.3. The number of hydrogen-bond donors (Lipinski definition) is 2. The third-order valence-electron chi connectivity index (χ3n) is 4.74. The maximum absolute atomic E-state index is 10.00. The van der Waals surface area contributed by atoms with Gasteiger partial charge < -0.3 is 14.9 Å². The molecule has 2 N–H and O–H groups in total. The maximum atomic E-state index is 10.00. The lowest BCUT2D eigenvalue weighted by molar-refractivity contribution is -0.00714. The van der Waals surface area contributed by atoms with Gasteiger partial charge >= 0.3 is 0 Å². The zero-order chi connectivity index (χ0) is 17.1. The summed E-state index contributed by atoms with van der Waals surface area (Å²) >= 11 is 0. The Balaban J connectivity index is 3.79. The lowest BCUT2D eigenvalue weighted by Crippen LogP contribution is -2.25. The summed E-state index contributed by atoms with van der Waals surface area (Å²) < 4.78 is 5.15. The summed E-state index contributed by atoms with van der Waals surface area (Å²) in [6.45, 7) is 10.9. The Hall–Kier alpha value is -0.120. The highest BCUT2D eigenvalue weighted by Gasteiger charge is 2.16. The number of rotatable bonds is 13. The first-order valence-corrected chi connectivity index (χ1v) is 9.15. The highest BCUT2D eigenvalue weighted by Crippen LogP contribution is 2.23. The van der Waals surface area contributed by atoms with Crippen molar-refractivity contribution in [2.24, 2.45) is 17.8 Å². The second kappa shape index (κ2) is 12.3. The molecule has 0 aliphatic rings. The topological polar surface area (TPSA) is 49.7 Å². The van der Waals surface area contributed by atoms with E-state index in [0.29, 0.717) is 17.8 Å². The van der Waals surface area contributed by atoms with Crippen molar-refractivity contribution < 1.29 is 14.9 Å². The predicted octanol–water partition coefficient (Wildman–Crippen LogP) is 4.40. The van der Waals surface area contributed by atoms with Crippen LogP contribution in [0.4, 0.5) is 0 Å². The fourth-order valence-corrected chi connectivity index (χ4v) is 2.92. The van der Waals surface area contributed by atoms with Crippen molar-refractivity contribution in [3.05, 3.63) is 0 Å². The van der Waals surface area contributed by atoms with Gasteiger partial charge in [0.2, 0.25) is 0 Å². The zero-order valence-electron chi connectivity index (χ0n) is 15.7. The molecule has 22 heavy (non-hydrogen) atoms. The second-order valence-corrected chi connectivity index (χ2v) is 7.73. The van der Waals surface area contributed by atoms with Crippen LogP contribution < -0.4 is 0 Å². The molecule has 0 aliphatic carbocycles. The quantitative estimate of drug-likeness (QED) is 0.529. The van der Waals surface area contributed by atoms with Crippen LogP contribution in [0.3, 0.4) is 0 Å². The van der Waals surface area contributed by atoms with Crippen LogP contribution >= 0.6 is 0 Å². The first-order valence-electron chi connectivity index (χ1n) is 9.15. The molecule has 0 bridgehead atoms. The van der Waals surface area contributed by atoms with E-state index in [1.165, 1.54) is 6.42 Å². The molecule has 0 saturated heterocycles. The maximum Gasteiger partial charge on any atom is 0.0802 e. The molecule has 134 valence electrons. The molecule has 0 amide bonds. The van der Waals surface area contributed by atoms with Crippen LogP contribution in [-0.2, 0) is 4.74 Å². The van der Waals surface area contributed by atoms with Crippen LogP contribution in [0.25, 0.3) is 0 Å². The van der Waals surface area contributed by atoms with Gasteiger partial charge in [0.15, 0.2) is 0 Å². The van der Waals surface area contributed by atoms with E-state index >= 15 is 0 Å². The molecule has 0 rings (SSSR count). The average Bonchev–Trinajstić information content (AvgIpc) is 2.47. The summed E-state index contributed by atoms with van der Waals surface area (Å²) in [5.74, 6) is 1.93. The molecule has 5 atom stereocenters. The van der Waals surface area contributed by atoms with E-state index in [1.807, 2.05) is 6.92 Å². The molecule has 0 aliphatic heterocycles. The van der Waals surface area contributed by atoms with Crippen LogP contribution in [0, 0.1) is 17.8 Å². The van der Waals surface area contributed by atoms with Crippen LogP contribution in [-0.4, -0.2) is 35.6 Å². The Bertz CT molecular complexity index is 255. The molecular formula is C19H40O3. The van der Waals surface area contributed by atoms with Crippen molar-refractivity contribution in [2.45, 2.75) is 97.9 Å². The Morgan fingerprint density at radius 1 is 0.727 bits per heavy atom. The van der Waals surface area contributed by atoms with Gasteiger partial charge in [-0.3, -0.25) is 0 Å².